The average molecular weight is 467 g/mol. The van der Waals surface area contributed by atoms with Gasteiger partial charge in [0, 0.05) is 10.0 Å². The first-order valence-corrected chi connectivity index (χ1v) is 10.3. The fourth-order valence-corrected chi connectivity index (χ4v) is 3.82. The van der Waals surface area contributed by atoms with Crippen LogP contribution in [0.3, 0.4) is 0 Å². The number of imide groups is 1. The molecule has 4 rings (SSSR count). The van der Waals surface area contributed by atoms with E-state index in [2.05, 4.69) is 15.9 Å². The van der Waals surface area contributed by atoms with Gasteiger partial charge in [0.05, 0.1) is 24.9 Å². The molecule has 1 fully saturated rings. The molecular formula is C23H19BrN2O4. The minimum Gasteiger partial charge on any atom is -0.467 e. The number of aryl methyl sites for hydroxylation is 1. The second kappa shape index (κ2) is 8.28. The quantitative estimate of drug-likeness (QED) is 0.524. The molecule has 2 heterocycles. The van der Waals surface area contributed by atoms with Gasteiger partial charge in [0.15, 0.2) is 0 Å². The normalized spacial score (nSPS) is 16.2. The van der Waals surface area contributed by atoms with Gasteiger partial charge in [0.2, 0.25) is 5.91 Å². The minimum absolute atomic E-state index is 0.0762. The highest BCUT2D eigenvalue weighted by Gasteiger charge is 2.44. The average Bonchev–Trinajstić information content (AvgIpc) is 3.34. The minimum atomic E-state index is -0.903. The Labute approximate surface area is 182 Å². The number of benzene rings is 2. The van der Waals surface area contributed by atoms with E-state index < -0.39 is 11.9 Å². The van der Waals surface area contributed by atoms with Gasteiger partial charge in [-0.05, 0) is 55.5 Å². The summed E-state index contributed by atoms with van der Waals surface area (Å²) in [6.07, 6.45) is 1.44. The lowest BCUT2D eigenvalue weighted by atomic mass is 10.1. The molecule has 0 bridgehead atoms. The fraction of sp³-hybridized carbons (Fsp3) is 0.174. The van der Waals surface area contributed by atoms with Crippen molar-refractivity contribution < 1.29 is 18.8 Å². The Bertz CT molecular complexity index is 1090. The third kappa shape index (κ3) is 3.93. The van der Waals surface area contributed by atoms with Gasteiger partial charge in [0.25, 0.3) is 11.8 Å². The van der Waals surface area contributed by atoms with Gasteiger partial charge < -0.3 is 9.32 Å². The zero-order valence-corrected chi connectivity index (χ0v) is 17.8. The van der Waals surface area contributed by atoms with Crippen LogP contribution in [0.25, 0.3) is 0 Å². The van der Waals surface area contributed by atoms with Crippen molar-refractivity contribution in [3.05, 3.63) is 88.3 Å². The van der Waals surface area contributed by atoms with E-state index in [9.17, 15) is 14.4 Å². The first-order chi connectivity index (χ1) is 14.4. The number of hydrogen-bond acceptors (Lipinski definition) is 4. The Morgan fingerprint density at radius 3 is 2.57 bits per heavy atom. The van der Waals surface area contributed by atoms with E-state index in [4.69, 9.17) is 4.42 Å². The summed E-state index contributed by atoms with van der Waals surface area (Å²) in [6.45, 7) is 1.99. The Kier molecular flexibility index (Phi) is 5.55. The van der Waals surface area contributed by atoms with Crippen LogP contribution in [-0.2, 0) is 16.1 Å². The number of carbonyl (C=O) groups excluding carboxylic acids is 3. The number of carbonyl (C=O) groups is 3. The fourth-order valence-electron chi connectivity index (χ4n) is 3.56. The molecule has 0 aliphatic carbocycles. The first kappa shape index (κ1) is 20.1. The highest BCUT2D eigenvalue weighted by Crippen LogP contribution is 2.29. The zero-order chi connectivity index (χ0) is 21.3. The van der Waals surface area contributed by atoms with Gasteiger partial charge in [-0.3, -0.25) is 14.4 Å². The monoisotopic (exact) mass is 466 g/mol. The van der Waals surface area contributed by atoms with E-state index in [1.54, 1.807) is 54.6 Å². The molecule has 0 saturated carbocycles. The highest BCUT2D eigenvalue weighted by molar-refractivity contribution is 9.10. The third-order valence-electron chi connectivity index (χ3n) is 5.02. The molecule has 6 nitrogen and oxygen atoms in total. The molecule has 0 N–H and O–H groups in total. The molecule has 1 aromatic heterocycles. The van der Waals surface area contributed by atoms with Crippen LogP contribution in [0, 0.1) is 6.92 Å². The maximum absolute atomic E-state index is 13.3. The molecule has 0 spiro atoms. The van der Waals surface area contributed by atoms with Crippen LogP contribution in [0.4, 0.5) is 5.69 Å². The van der Waals surface area contributed by atoms with Crippen molar-refractivity contribution in [2.75, 3.05) is 4.90 Å². The van der Waals surface area contributed by atoms with E-state index in [1.807, 2.05) is 13.0 Å². The van der Waals surface area contributed by atoms with Gasteiger partial charge in [-0.25, -0.2) is 4.90 Å². The van der Waals surface area contributed by atoms with Crippen molar-refractivity contribution in [1.29, 1.82) is 0 Å². The highest BCUT2D eigenvalue weighted by atomic mass is 79.9. The van der Waals surface area contributed by atoms with E-state index in [0.29, 0.717) is 17.0 Å². The number of anilines is 1. The van der Waals surface area contributed by atoms with Gasteiger partial charge in [-0.15, -0.1) is 0 Å². The van der Waals surface area contributed by atoms with E-state index in [-0.39, 0.29) is 24.8 Å². The summed E-state index contributed by atoms with van der Waals surface area (Å²) in [6, 6.07) is 16.6. The lowest BCUT2D eigenvalue weighted by molar-refractivity contribution is -0.122. The van der Waals surface area contributed by atoms with Crippen LogP contribution in [0.2, 0.25) is 0 Å². The molecule has 0 radical (unpaired) electrons. The topological polar surface area (TPSA) is 70.8 Å². The molecule has 7 heteroatoms. The maximum Gasteiger partial charge on any atom is 0.257 e. The Balaban J connectivity index is 1.68. The van der Waals surface area contributed by atoms with Crippen molar-refractivity contribution in [3.63, 3.8) is 0 Å². The zero-order valence-electron chi connectivity index (χ0n) is 16.2. The summed E-state index contributed by atoms with van der Waals surface area (Å²) < 4.78 is 6.25. The molecule has 1 unspecified atom stereocenters. The van der Waals surface area contributed by atoms with Crippen LogP contribution in [0.5, 0.6) is 0 Å². The summed E-state index contributed by atoms with van der Waals surface area (Å²) >= 11 is 3.35. The van der Waals surface area contributed by atoms with Crippen LogP contribution < -0.4 is 4.90 Å². The summed E-state index contributed by atoms with van der Waals surface area (Å²) in [4.78, 5) is 41.9. The summed E-state index contributed by atoms with van der Waals surface area (Å²) in [7, 11) is 0. The summed E-state index contributed by atoms with van der Waals surface area (Å²) in [5, 5.41) is 0. The third-order valence-corrected chi connectivity index (χ3v) is 5.54. The molecule has 2 aromatic carbocycles. The SMILES string of the molecule is Cc1cccc(C(=O)N(Cc2ccco2)C2CC(=O)N(c3ccc(Br)cc3)C2=O)c1. The second-order valence-electron chi connectivity index (χ2n) is 7.15. The number of nitrogens with zero attached hydrogens (tertiary/aromatic N) is 2. The molecule has 3 amide bonds. The lowest BCUT2D eigenvalue weighted by Gasteiger charge is -2.27. The van der Waals surface area contributed by atoms with Crippen LogP contribution in [0.15, 0.2) is 75.8 Å². The maximum atomic E-state index is 13.3. The van der Waals surface area contributed by atoms with E-state index >= 15 is 0 Å². The van der Waals surface area contributed by atoms with Crippen molar-refractivity contribution in [2.24, 2.45) is 0 Å². The molecular weight excluding hydrogens is 448 g/mol. The van der Waals surface area contributed by atoms with E-state index in [0.717, 1.165) is 14.9 Å². The number of furan rings is 1. The second-order valence-corrected chi connectivity index (χ2v) is 8.06. The lowest BCUT2D eigenvalue weighted by Crippen LogP contribution is -2.45. The van der Waals surface area contributed by atoms with E-state index in [1.165, 1.54) is 11.2 Å². The Morgan fingerprint density at radius 2 is 1.90 bits per heavy atom. The van der Waals surface area contributed by atoms with Crippen LogP contribution in [-0.4, -0.2) is 28.7 Å². The number of amides is 3. The Hall–Kier alpha value is -3.19. The van der Waals surface area contributed by atoms with Gasteiger partial charge in [-0.2, -0.15) is 0 Å². The molecule has 1 aliphatic heterocycles. The number of hydrogen-bond donors (Lipinski definition) is 0. The van der Waals surface area contributed by atoms with Crippen LogP contribution >= 0.6 is 15.9 Å². The molecule has 1 aliphatic rings. The van der Waals surface area contributed by atoms with Gasteiger partial charge in [-0.1, -0.05) is 33.6 Å². The smallest absolute Gasteiger partial charge is 0.257 e. The van der Waals surface area contributed by atoms with Gasteiger partial charge >= 0.3 is 0 Å². The summed E-state index contributed by atoms with van der Waals surface area (Å²) in [5.74, 6) is -0.541. The van der Waals surface area contributed by atoms with Crippen molar-refractivity contribution in [3.8, 4) is 0 Å². The molecule has 152 valence electrons. The molecule has 1 saturated heterocycles. The van der Waals surface area contributed by atoms with Crippen molar-refractivity contribution in [1.82, 2.24) is 4.90 Å². The molecule has 30 heavy (non-hydrogen) atoms. The standard InChI is InChI=1S/C23H19BrN2O4/c1-15-4-2-5-16(12-15)22(28)25(14-19-6-3-11-30-19)20-13-21(27)26(23(20)29)18-9-7-17(24)8-10-18/h2-12,20H,13-14H2,1H3. The van der Waals surface area contributed by atoms with Crippen molar-refractivity contribution >= 4 is 39.3 Å². The predicted octanol–water partition coefficient (Wildman–Crippen LogP) is 4.33. The summed E-state index contributed by atoms with van der Waals surface area (Å²) in [5.41, 5.74) is 1.88. The molecule has 3 aromatic rings. The van der Waals surface area contributed by atoms with Crippen molar-refractivity contribution in [2.45, 2.75) is 25.9 Å². The number of rotatable bonds is 5. The Morgan fingerprint density at radius 1 is 1.13 bits per heavy atom. The number of halogens is 1. The molecule has 1 atom stereocenters. The largest absolute Gasteiger partial charge is 0.467 e. The van der Waals surface area contributed by atoms with Gasteiger partial charge in [0.1, 0.15) is 11.8 Å². The first-order valence-electron chi connectivity index (χ1n) is 9.46. The van der Waals surface area contributed by atoms with Crippen LogP contribution in [0.1, 0.15) is 28.1 Å². The predicted molar refractivity (Wildman–Crippen MR) is 115 cm³/mol.